The normalized spacial score (nSPS) is 13.3. The summed E-state index contributed by atoms with van der Waals surface area (Å²) in [4.78, 5) is 24.1. The molecule has 1 heterocycles. The predicted octanol–water partition coefficient (Wildman–Crippen LogP) is 2.02. The van der Waals surface area contributed by atoms with E-state index < -0.39 is 17.3 Å². The molecule has 6 N–H and O–H groups in total. The fourth-order valence-electron chi connectivity index (χ4n) is 3.63. The number of nitrogens with one attached hydrogen (secondary N) is 1. The van der Waals surface area contributed by atoms with Gasteiger partial charge in [0.1, 0.15) is 0 Å². The van der Waals surface area contributed by atoms with Crippen LogP contribution in [0.3, 0.4) is 0 Å². The average Bonchev–Trinajstić information content (AvgIpc) is 3.08. The third-order valence-corrected chi connectivity index (χ3v) is 5.62. The van der Waals surface area contributed by atoms with E-state index >= 15 is 0 Å². The molecule has 1 aromatic heterocycles. The molecule has 148 valence electrons. The highest BCUT2D eigenvalue weighted by Gasteiger charge is 2.28. The van der Waals surface area contributed by atoms with Gasteiger partial charge >= 0.3 is 0 Å². The molecular formula is C20H20N5O3S+. The summed E-state index contributed by atoms with van der Waals surface area (Å²) in [7, 11) is 0. The van der Waals surface area contributed by atoms with Gasteiger partial charge in [0, 0.05) is 35.9 Å². The Labute approximate surface area is 170 Å². The number of fused-ring (bicyclic) bond motifs is 3. The van der Waals surface area contributed by atoms with Gasteiger partial charge in [0.2, 0.25) is 10.8 Å². The number of aromatic nitrogens is 2. The molecule has 9 heteroatoms. The van der Waals surface area contributed by atoms with E-state index in [4.69, 9.17) is 10.9 Å². The van der Waals surface area contributed by atoms with Crippen LogP contribution in [0.5, 0.6) is 0 Å². The predicted molar refractivity (Wildman–Crippen MR) is 112 cm³/mol. The number of hydrogen-bond acceptors (Lipinski definition) is 5. The maximum absolute atomic E-state index is 12.0. The molecule has 1 atom stereocenters. The summed E-state index contributed by atoms with van der Waals surface area (Å²) in [5.41, 5.74) is 10.7. The van der Waals surface area contributed by atoms with Crippen molar-refractivity contribution in [3.05, 3.63) is 59.3 Å². The van der Waals surface area contributed by atoms with E-state index in [2.05, 4.69) is 10.4 Å². The van der Waals surface area contributed by atoms with Crippen LogP contribution in [0.4, 0.5) is 5.69 Å². The fraction of sp³-hybridized carbons (Fsp3) is 0.150. The largest absolute Gasteiger partial charge is 0.364 e. The Morgan fingerprint density at radius 3 is 2.52 bits per heavy atom. The zero-order valence-corrected chi connectivity index (χ0v) is 16.5. The lowest BCUT2D eigenvalue weighted by molar-refractivity contribution is -0.114. The molecule has 1 unspecified atom stereocenters. The van der Waals surface area contributed by atoms with Crippen LogP contribution in [-0.4, -0.2) is 26.1 Å². The molecule has 4 rings (SSSR count). The Bertz CT molecular complexity index is 1120. The minimum absolute atomic E-state index is 0.163. The molecular weight excluding hydrogens is 390 g/mol. The maximum atomic E-state index is 12.0. The number of nitrogens with two attached hydrogens (primary N) is 2. The average molecular weight is 410 g/mol. The molecule has 29 heavy (non-hydrogen) atoms. The molecule has 1 aliphatic carbocycles. The second-order valence-corrected chi connectivity index (χ2v) is 7.91. The van der Waals surface area contributed by atoms with E-state index in [0.717, 1.165) is 28.8 Å². The molecule has 1 aliphatic rings. The van der Waals surface area contributed by atoms with Crippen LogP contribution >= 0.6 is 0 Å². The molecule has 3 aromatic rings. The van der Waals surface area contributed by atoms with Gasteiger partial charge in [0.25, 0.3) is 17.3 Å². The second-order valence-electron chi connectivity index (χ2n) is 6.81. The number of primary amides is 1. The summed E-state index contributed by atoms with van der Waals surface area (Å²) in [6, 6.07) is 12.7. The van der Waals surface area contributed by atoms with Crippen LogP contribution < -0.4 is 16.2 Å². The monoisotopic (exact) mass is 410 g/mol. The molecule has 0 saturated heterocycles. The third-order valence-electron chi connectivity index (χ3n) is 4.87. The SMILES string of the molecule is CC(=O)Nc1ccc2c(c1)-c1c(c(C(N)=O)nn1-c1ccc([S+](N)O)cc1)CC2. The van der Waals surface area contributed by atoms with E-state index in [1.165, 1.54) is 6.92 Å². The fourth-order valence-corrected chi connectivity index (χ4v) is 4.05. The number of anilines is 1. The van der Waals surface area contributed by atoms with Gasteiger partial charge in [-0.05, 0) is 42.7 Å². The molecule has 8 nitrogen and oxygen atoms in total. The number of aryl methyl sites for hydroxylation is 1. The summed E-state index contributed by atoms with van der Waals surface area (Å²) >= 11 is -1.34. The van der Waals surface area contributed by atoms with Crippen molar-refractivity contribution in [1.29, 1.82) is 0 Å². The lowest BCUT2D eigenvalue weighted by atomic mass is 9.88. The minimum Gasteiger partial charge on any atom is -0.364 e. The van der Waals surface area contributed by atoms with Crippen LogP contribution in [0, 0.1) is 0 Å². The van der Waals surface area contributed by atoms with E-state index in [1.54, 1.807) is 28.9 Å². The van der Waals surface area contributed by atoms with Gasteiger partial charge in [-0.3, -0.25) is 9.59 Å². The summed E-state index contributed by atoms with van der Waals surface area (Å²) < 4.78 is 11.3. The first-order valence-corrected chi connectivity index (χ1v) is 10.2. The first-order chi connectivity index (χ1) is 13.8. The Kier molecular flexibility index (Phi) is 4.87. The molecule has 0 fully saturated rings. The summed E-state index contributed by atoms with van der Waals surface area (Å²) in [6.07, 6.45) is 1.38. The third kappa shape index (κ3) is 3.51. The van der Waals surface area contributed by atoms with E-state index in [1.807, 2.05) is 18.2 Å². The van der Waals surface area contributed by atoms with Crippen molar-refractivity contribution in [1.82, 2.24) is 9.78 Å². The number of nitrogens with zero attached hydrogens (tertiary/aromatic N) is 2. The highest BCUT2D eigenvalue weighted by Crippen LogP contribution is 2.38. The van der Waals surface area contributed by atoms with Crippen molar-refractivity contribution in [3.8, 4) is 16.9 Å². The zero-order valence-electron chi connectivity index (χ0n) is 15.7. The Morgan fingerprint density at radius 1 is 1.17 bits per heavy atom. The van der Waals surface area contributed by atoms with Crippen molar-refractivity contribution in [2.24, 2.45) is 10.9 Å². The lowest BCUT2D eigenvalue weighted by Crippen LogP contribution is -2.15. The van der Waals surface area contributed by atoms with Crippen LogP contribution in [-0.2, 0) is 29.0 Å². The standard InChI is InChI=1S/C20H19N5O3S/c1-11(26)23-13-4-2-12-3-9-16-18(20(21)27)24-25(19(16)17(12)10-13)14-5-7-15(8-6-14)29(22)28/h2,4-8,10,28H,3,9,22H2,1H3,(H2-,21,23,26,27)/p+1. The minimum atomic E-state index is -1.34. The van der Waals surface area contributed by atoms with E-state index in [9.17, 15) is 14.1 Å². The first kappa shape index (κ1) is 19.2. The number of benzene rings is 2. The zero-order chi connectivity index (χ0) is 20.7. The molecule has 0 radical (unpaired) electrons. The highest BCUT2D eigenvalue weighted by molar-refractivity contribution is 7.89. The van der Waals surface area contributed by atoms with Gasteiger partial charge in [0.15, 0.2) is 5.69 Å². The molecule has 0 spiro atoms. The number of carbonyl (C=O) groups is 2. The molecule has 2 aromatic carbocycles. The number of hydrogen-bond donors (Lipinski definition) is 4. The number of carbonyl (C=O) groups excluding carboxylic acids is 2. The van der Waals surface area contributed by atoms with Gasteiger partial charge in [-0.25, -0.2) is 4.68 Å². The van der Waals surface area contributed by atoms with Crippen molar-refractivity contribution >= 4 is 28.9 Å². The van der Waals surface area contributed by atoms with E-state index in [0.29, 0.717) is 22.7 Å². The van der Waals surface area contributed by atoms with Crippen molar-refractivity contribution < 1.29 is 14.1 Å². The van der Waals surface area contributed by atoms with Crippen LogP contribution in [0.15, 0.2) is 47.4 Å². The molecule has 0 bridgehead atoms. The molecule has 0 saturated carbocycles. The Morgan fingerprint density at radius 2 is 1.90 bits per heavy atom. The van der Waals surface area contributed by atoms with Crippen LogP contribution in [0.1, 0.15) is 28.5 Å². The van der Waals surface area contributed by atoms with Gasteiger partial charge in [-0.1, -0.05) is 6.07 Å². The van der Waals surface area contributed by atoms with Crippen molar-refractivity contribution in [2.75, 3.05) is 5.32 Å². The topological polar surface area (TPSA) is 136 Å². The van der Waals surface area contributed by atoms with Gasteiger partial charge < -0.3 is 11.1 Å². The Hall–Kier alpha value is -3.14. The smallest absolute Gasteiger partial charge is 0.272 e. The van der Waals surface area contributed by atoms with Gasteiger partial charge in [0.05, 0.1) is 11.4 Å². The van der Waals surface area contributed by atoms with Crippen molar-refractivity contribution in [3.63, 3.8) is 0 Å². The van der Waals surface area contributed by atoms with Gasteiger partial charge in [-0.15, -0.1) is 5.14 Å². The first-order valence-electron chi connectivity index (χ1n) is 8.96. The quantitative estimate of drug-likeness (QED) is 0.488. The van der Waals surface area contributed by atoms with Gasteiger partial charge in [-0.2, -0.15) is 9.65 Å². The lowest BCUT2D eigenvalue weighted by Gasteiger charge is -2.20. The Balaban J connectivity index is 1.91. The maximum Gasteiger partial charge on any atom is 0.272 e. The highest BCUT2D eigenvalue weighted by atomic mass is 32.2. The van der Waals surface area contributed by atoms with Crippen LogP contribution in [0.25, 0.3) is 16.9 Å². The summed E-state index contributed by atoms with van der Waals surface area (Å²) in [5.74, 6) is -0.749. The summed E-state index contributed by atoms with van der Waals surface area (Å²) in [6.45, 7) is 1.45. The van der Waals surface area contributed by atoms with Crippen LogP contribution in [0.2, 0.25) is 0 Å². The molecule has 2 amide bonds. The number of rotatable bonds is 4. The van der Waals surface area contributed by atoms with E-state index in [-0.39, 0.29) is 11.6 Å². The second kappa shape index (κ2) is 7.36. The van der Waals surface area contributed by atoms with Crippen molar-refractivity contribution in [2.45, 2.75) is 24.7 Å². The number of amides is 2. The molecule has 0 aliphatic heterocycles. The summed E-state index contributed by atoms with van der Waals surface area (Å²) in [5, 5.41) is 12.8.